The summed E-state index contributed by atoms with van der Waals surface area (Å²) in [6, 6.07) is 3.05. The first-order valence-corrected chi connectivity index (χ1v) is 7.49. The highest BCUT2D eigenvalue weighted by molar-refractivity contribution is 6.33. The molecule has 1 unspecified atom stereocenters. The van der Waals surface area contributed by atoms with Crippen LogP contribution in [0.1, 0.15) is 23.2 Å². The first-order valence-electron chi connectivity index (χ1n) is 7.11. The summed E-state index contributed by atoms with van der Waals surface area (Å²) in [5.41, 5.74) is 6.45. The molecule has 1 aliphatic heterocycles. The Morgan fingerprint density at radius 1 is 1.45 bits per heavy atom. The highest BCUT2D eigenvalue weighted by Crippen LogP contribution is 2.30. The summed E-state index contributed by atoms with van der Waals surface area (Å²) in [7, 11) is 3.08. The minimum atomic E-state index is -0.202. The van der Waals surface area contributed by atoms with E-state index in [1.54, 1.807) is 11.9 Å². The predicted molar refractivity (Wildman–Crippen MR) is 85.1 cm³/mol. The highest BCUT2D eigenvalue weighted by atomic mass is 35.5. The standard InChI is InChI=1S/C15H20ClN3O3/c1-18-14(20)9-4-3-5-19(8-9)15(21)10-6-11(16)12(17)7-13(10)22-2/h6-7,9H,3-5,8,17H2,1-2H3,(H,18,20). The Hall–Kier alpha value is -1.95. The minimum Gasteiger partial charge on any atom is -0.496 e. The van der Waals surface area contributed by atoms with Crippen LogP contribution in [0.5, 0.6) is 5.75 Å². The second kappa shape index (κ2) is 6.87. The number of ether oxygens (including phenoxy) is 1. The monoisotopic (exact) mass is 325 g/mol. The lowest BCUT2D eigenvalue weighted by molar-refractivity contribution is -0.125. The lowest BCUT2D eigenvalue weighted by Crippen LogP contribution is -2.44. The van der Waals surface area contributed by atoms with Gasteiger partial charge in [0.1, 0.15) is 5.75 Å². The van der Waals surface area contributed by atoms with Crippen LogP contribution < -0.4 is 15.8 Å². The fourth-order valence-corrected chi connectivity index (χ4v) is 2.82. The van der Waals surface area contributed by atoms with Gasteiger partial charge >= 0.3 is 0 Å². The summed E-state index contributed by atoms with van der Waals surface area (Å²) in [4.78, 5) is 26.2. The van der Waals surface area contributed by atoms with Gasteiger partial charge in [0.05, 0.1) is 29.3 Å². The molecule has 2 rings (SSSR count). The molecule has 1 aromatic carbocycles. The fraction of sp³-hybridized carbons (Fsp3) is 0.467. The van der Waals surface area contributed by atoms with Crippen LogP contribution in [0.2, 0.25) is 5.02 Å². The second-order valence-electron chi connectivity index (χ2n) is 5.28. The van der Waals surface area contributed by atoms with Crippen LogP contribution >= 0.6 is 11.6 Å². The SMILES string of the molecule is CNC(=O)C1CCCN(C(=O)c2cc(Cl)c(N)cc2OC)C1. The van der Waals surface area contributed by atoms with Crippen molar-refractivity contribution in [2.75, 3.05) is 33.0 Å². The number of amides is 2. The molecule has 0 aliphatic carbocycles. The molecule has 1 saturated heterocycles. The van der Waals surface area contributed by atoms with Gasteiger partial charge in [-0.15, -0.1) is 0 Å². The zero-order valence-electron chi connectivity index (χ0n) is 12.7. The van der Waals surface area contributed by atoms with Crippen molar-refractivity contribution in [3.8, 4) is 5.75 Å². The van der Waals surface area contributed by atoms with Gasteiger partial charge in [0.25, 0.3) is 5.91 Å². The normalized spacial score (nSPS) is 18.0. The predicted octanol–water partition coefficient (Wildman–Crippen LogP) is 1.53. The molecule has 0 spiro atoms. The smallest absolute Gasteiger partial charge is 0.257 e. The number of anilines is 1. The maximum atomic E-state index is 12.7. The fourth-order valence-electron chi connectivity index (χ4n) is 2.66. The Bertz CT molecular complexity index is 592. The van der Waals surface area contributed by atoms with Gasteiger partial charge in [-0.25, -0.2) is 0 Å². The van der Waals surface area contributed by atoms with Crippen LogP contribution in [0.3, 0.4) is 0 Å². The van der Waals surface area contributed by atoms with E-state index in [0.717, 1.165) is 12.8 Å². The average Bonchev–Trinajstić information content (AvgIpc) is 2.55. The van der Waals surface area contributed by atoms with E-state index >= 15 is 0 Å². The van der Waals surface area contributed by atoms with Crippen LogP contribution in [0.25, 0.3) is 0 Å². The first kappa shape index (κ1) is 16.4. The molecule has 1 heterocycles. The topological polar surface area (TPSA) is 84.7 Å². The van der Waals surface area contributed by atoms with Crippen molar-refractivity contribution in [3.05, 3.63) is 22.7 Å². The Morgan fingerprint density at radius 3 is 2.82 bits per heavy atom. The zero-order valence-corrected chi connectivity index (χ0v) is 13.4. The molecule has 120 valence electrons. The van der Waals surface area contributed by atoms with Crippen molar-refractivity contribution in [2.24, 2.45) is 5.92 Å². The minimum absolute atomic E-state index is 0.0418. The van der Waals surface area contributed by atoms with Crippen molar-refractivity contribution in [3.63, 3.8) is 0 Å². The molecule has 22 heavy (non-hydrogen) atoms. The molecule has 0 radical (unpaired) electrons. The van der Waals surface area contributed by atoms with Gasteiger partial charge in [0, 0.05) is 26.2 Å². The third kappa shape index (κ3) is 3.27. The molecule has 3 N–H and O–H groups in total. The van der Waals surface area contributed by atoms with Crippen molar-refractivity contribution >= 4 is 29.1 Å². The molecule has 0 bridgehead atoms. The van der Waals surface area contributed by atoms with E-state index in [9.17, 15) is 9.59 Å². The number of likely N-dealkylation sites (tertiary alicyclic amines) is 1. The summed E-state index contributed by atoms with van der Waals surface area (Å²) < 4.78 is 5.22. The van der Waals surface area contributed by atoms with Gasteiger partial charge in [0.15, 0.2) is 0 Å². The van der Waals surface area contributed by atoms with Gasteiger partial charge in [-0.05, 0) is 18.9 Å². The molecule has 1 fully saturated rings. The molecule has 2 amide bonds. The van der Waals surface area contributed by atoms with Crippen LogP contribution in [-0.2, 0) is 4.79 Å². The lowest BCUT2D eigenvalue weighted by atomic mass is 9.96. The van der Waals surface area contributed by atoms with Crippen LogP contribution in [0.4, 0.5) is 5.69 Å². The van der Waals surface area contributed by atoms with Crippen molar-refractivity contribution in [2.45, 2.75) is 12.8 Å². The Balaban J connectivity index is 2.24. The van der Waals surface area contributed by atoms with Crippen LogP contribution in [-0.4, -0.2) is 44.0 Å². The molecular formula is C15H20ClN3O3. The molecule has 1 aliphatic rings. The second-order valence-corrected chi connectivity index (χ2v) is 5.69. The van der Waals surface area contributed by atoms with E-state index in [-0.39, 0.29) is 17.7 Å². The molecule has 0 saturated carbocycles. The largest absolute Gasteiger partial charge is 0.496 e. The number of hydrogen-bond donors (Lipinski definition) is 2. The summed E-state index contributed by atoms with van der Waals surface area (Å²) in [6.45, 7) is 1.00. The number of carbonyl (C=O) groups is 2. The number of nitrogens with two attached hydrogens (primary N) is 1. The molecule has 1 aromatic rings. The number of nitrogens with one attached hydrogen (secondary N) is 1. The van der Waals surface area contributed by atoms with E-state index in [1.165, 1.54) is 19.2 Å². The lowest BCUT2D eigenvalue weighted by Gasteiger charge is -2.32. The van der Waals surface area contributed by atoms with E-state index < -0.39 is 0 Å². The highest BCUT2D eigenvalue weighted by Gasteiger charge is 2.29. The van der Waals surface area contributed by atoms with Crippen molar-refractivity contribution in [1.82, 2.24) is 10.2 Å². The zero-order chi connectivity index (χ0) is 16.3. The maximum absolute atomic E-state index is 12.7. The number of carbonyl (C=O) groups excluding carboxylic acids is 2. The maximum Gasteiger partial charge on any atom is 0.257 e. The summed E-state index contributed by atoms with van der Waals surface area (Å²) in [6.07, 6.45) is 1.57. The van der Waals surface area contributed by atoms with Gasteiger partial charge in [-0.3, -0.25) is 9.59 Å². The number of nitrogen functional groups attached to an aromatic ring is 1. The van der Waals surface area contributed by atoms with Gasteiger partial charge in [-0.2, -0.15) is 0 Å². The summed E-state index contributed by atoms with van der Waals surface area (Å²) in [5.74, 6) is -0.0425. The van der Waals surface area contributed by atoms with E-state index in [1.807, 2.05) is 0 Å². The Labute approximate surface area is 134 Å². The summed E-state index contributed by atoms with van der Waals surface area (Å²) in [5, 5.41) is 2.94. The van der Waals surface area contributed by atoms with E-state index in [2.05, 4.69) is 5.32 Å². The number of nitrogens with zero attached hydrogens (tertiary/aromatic N) is 1. The van der Waals surface area contributed by atoms with Crippen LogP contribution in [0.15, 0.2) is 12.1 Å². The van der Waals surface area contributed by atoms with Crippen LogP contribution in [0, 0.1) is 5.92 Å². The van der Waals surface area contributed by atoms with Gasteiger partial charge in [0.2, 0.25) is 5.91 Å². The number of benzene rings is 1. The average molecular weight is 326 g/mol. The third-order valence-corrected chi connectivity index (χ3v) is 4.20. The number of rotatable bonds is 3. The van der Waals surface area contributed by atoms with Crippen molar-refractivity contribution in [1.29, 1.82) is 0 Å². The number of hydrogen-bond acceptors (Lipinski definition) is 4. The van der Waals surface area contributed by atoms with Gasteiger partial charge in [-0.1, -0.05) is 11.6 Å². The molecule has 7 heteroatoms. The molecule has 6 nitrogen and oxygen atoms in total. The number of piperidine rings is 1. The van der Waals surface area contributed by atoms with Crippen molar-refractivity contribution < 1.29 is 14.3 Å². The first-order chi connectivity index (χ1) is 10.5. The quantitative estimate of drug-likeness (QED) is 0.825. The number of halogens is 1. The van der Waals surface area contributed by atoms with Gasteiger partial charge < -0.3 is 20.7 Å². The molecule has 1 atom stereocenters. The van der Waals surface area contributed by atoms with E-state index in [4.69, 9.17) is 22.1 Å². The summed E-state index contributed by atoms with van der Waals surface area (Å²) >= 11 is 6.01. The Morgan fingerprint density at radius 2 is 2.18 bits per heavy atom. The Kier molecular flexibility index (Phi) is 5.13. The number of methoxy groups -OCH3 is 1. The van der Waals surface area contributed by atoms with E-state index in [0.29, 0.717) is 35.1 Å². The molecule has 0 aromatic heterocycles. The third-order valence-electron chi connectivity index (χ3n) is 3.88. The molecular weight excluding hydrogens is 306 g/mol.